The van der Waals surface area contributed by atoms with E-state index < -0.39 is 0 Å². The van der Waals surface area contributed by atoms with Crippen LogP contribution in [0.25, 0.3) is 0 Å². The Morgan fingerprint density at radius 1 is 1.50 bits per heavy atom. The number of nitrogens with one attached hydrogen (secondary N) is 1. The van der Waals surface area contributed by atoms with Crippen LogP contribution in [0.4, 0.5) is 0 Å². The number of aliphatic hydroxyl groups is 1. The molecule has 0 aromatic carbocycles. The van der Waals surface area contributed by atoms with E-state index in [9.17, 15) is 0 Å². The molecule has 0 spiro atoms. The third-order valence-electron chi connectivity index (χ3n) is 2.62. The van der Waals surface area contributed by atoms with Crippen LogP contribution in [0.2, 0.25) is 0 Å². The molecular weight excluding hydrogens is 204 g/mol. The minimum Gasteiger partial charge on any atom is -0.394 e. The number of nitrogens with zero attached hydrogens (tertiary/aromatic N) is 3. The summed E-state index contributed by atoms with van der Waals surface area (Å²) in [6.07, 6.45) is 5.41. The lowest BCUT2D eigenvalue weighted by Crippen LogP contribution is -2.27. The Kier molecular flexibility index (Phi) is 6.03. The summed E-state index contributed by atoms with van der Waals surface area (Å²) in [4.78, 5) is 0. The van der Waals surface area contributed by atoms with Gasteiger partial charge in [0.1, 0.15) is 0 Å². The Labute approximate surface area is 96.9 Å². The Morgan fingerprint density at radius 3 is 2.94 bits per heavy atom. The average Bonchev–Trinajstić information content (AvgIpc) is 2.72. The first kappa shape index (κ1) is 13.1. The highest BCUT2D eigenvalue weighted by atomic mass is 16.3. The predicted octanol–water partition coefficient (Wildman–Crippen LogP) is 0.939. The molecule has 1 aromatic rings. The van der Waals surface area contributed by atoms with Crippen molar-refractivity contribution in [1.82, 2.24) is 20.3 Å². The highest BCUT2D eigenvalue weighted by Crippen LogP contribution is 2.02. The Hall–Kier alpha value is -0.940. The van der Waals surface area contributed by atoms with Gasteiger partial charge in [0.25, 0.3) is 0 Å². The first-order valence-corrected chi connectivity index (χ1v) is 6.03. The lowest BCUT2D eigenvalue weighted by atomic mass is 10.1. The van der Waals surface area contributed by atoms with Crippen molar-refractivity contribution in [2.75, 3.05) is 6.61 Å². The maximum Gasteiger partial charge on any atom is 0.0964 e. The van der Waals surface area contributed by atoms with E-state index in [2.05, 4.69) is 29.5 Å². The van der Waals surface area contributed by atoms with Crippen LogP contribution in [0.1, 0.15) is 38.8 Å². The van der Waals surface area contributed by atoms with E-state index in [1.165, 1.54) is 12.8 Å². The second-order valence-corrected chi connectivity index (χ2v) is 3.97. The molecule has 5 heteroatoms. The molecule has 0 saturated carbocycles. The van der Waals surface area contributed by atoms with Crippen molar-refractivity contribution in [2.24, 2.45) is 0 Å². The van der Waals surface area contributed by atoms with Crippen molar-refractivity contribution in [2.45, 2.75) is 52.2 Å². The third-order valence-corrected chi connectivity index (χ3v) is 2.62. The molecule has 16 heavy (non-hydrogen) atoms. The zero-order valence-corrected chi connectivity index (χ0v) is 10.2. The van der Waals surface area contributed by atoms with Gasteiger partial charge in [-0.15, -0.1) is 5.10 Å². The average molecular weight is 226 g/mol. The smallest absolute Gasteiger partial charge is 0.0964 e. The zero-order chi connectivity index (χ0) is 11.8. The molecule has 2 N–H and O–H groups in total. The summed E-state index contributed by atoms with van der Waals surface area (Å²) in [5.41, 5.74) is 0.933. The van der Waals surface area contributed by atoms with Crippen molar-refractivity contribution in [3.05, 3.63) is 11.9 Å². The van der Waals surface area contributed by atoms with Gasteiger partial charge in [-0.1, -0.05) is 25.5 Å². The minimum atomic E-state index is 0.101. The van der Waals surface area contributed by atoms with Gasteiger partial charge >= 0.3 is 0 Å². The van der Waals surface area contributed by atoms with E-state index in [1.807, 2.05) is 6.20 Å². The molecule has 0 aliphatic heterocycles. The first-order valence-electron chi connectivity index (χ1n) is 6.03. The molecule has 0 amide bonds. The van der Waals surface area contributed by atoms with E-state index in [1.54, 1.807) is 4.68 Å². The molecule has 5 nitrogen and oxygen atoms in total. The van der Waals surface area contributed by atoms with Gasteiger partial charge in [0.2, 0.25) is 0 Å². The highest BCUT2D eigenvalue weighted by Gasteiger charge is 2.06. The zero-order valence-electron chi connectivity index (χ0n) is 10.2. The molecule has 1 heterocycles. The number of aliphatic hydroxyl groups excluding tert-OH is 1. The summed E-state index contributed by atoms with van der Waals surface area (Å²) in [5, 5.41) is 20.2. The highest BCUT2D eigenvalue weighted by molar-refractivity contribution is 4.92. The number of hydrogen-bond donors (Lipinski definition) is 2. The topological polar surface area (TPSA) is 63.0 Å². The van der Waals surface area contributed by atoms with Crippen LogP contribution in [0, 0.1) is 0 Å². The maximum absolute atomic E-state index is 8.75. The lowest BCUT2D eigenvalue weighted by molar-refractivity contribution is 0.268. The first-order chi connectivity index (χ1) is 7.80. The molecule has 1 atom stereocenters. The molecule has 1 unspecified atom stereocenters. The van der Waals surface area contributed by atoms with Gasteiger partial charge in [0.05, 0.1) is 18.8 Å². The van der Waals surface area contributed by atoms with Crippen LogP contribution in [0.15, 0.2) is 6.20 Å². The maximum atomic E-state index is 8.75. The minimum absolute atomic E-state index is 0.101. The summed E-state index contributed by atoms with van der Waals surface area (Å²) in [6, 6.07) is 0.563. The third kappa shape index (κ3) is 4.28. The van der Waals surface area contributed by atoms with Gasteiger partial charge in [0.15, 0.2) is 0 Å². The summed E-state index contributed by atoms with van der Waals surface area (Å²) >= 11 is 0. The molecule has 0 bridgehead atoms. The van der Waals surface area contributed by atoms with Crippen LogP contribution >= 0.6 is 0 Å². The van der Waals surface area contributed by atoms with Gasteiger partial charge in [-0.3, -0.25) is 0 Å². The monoisotopic (exact) mass is 226 g/mol. The standard InChI is InChI=1S/C11H22N4O/c1-3-5-10(4-2)12-8-11-9-15(6-7-16)14-13-11/h9-10,12,16H,3-8H2,1-2H3. The summed E-state index contributed by atoms with van der Waals surface area (Å²) in [5.74, 6) is 0. The van der Waals surface area contributed by atoms with Crippen molar-refractivity contribution in [3.8, 4) is 0 Å². The van der Waals surface area contributed by atoms with E-state index in [-0.39, 0.29) is 6.61 Å². The predicted molar refractivity (Wildman–Crippen MR) is 62.9 cm³/mol. The second-order valence-electron chi connectivity index (χ2n) is 3.97. The van der Waals surface area contributed by atoms with Crippen molar-refractivity contribution in [3.63, 3.8) is 0 Å². The molecule has 0 aliphatic carbocycles. The van der Waals surface area contributed by atoms with Crippen LogP contribution in [0.5, 0.6) is 0 Å². The van der Waals surface area contributed by atoms with E-state index in [4.69, 9.17) is 5.11 Å². The van der Waals surface area contributed by atoms with Crippen LogP contribution < -0.4 is 5.32 Å². The van der Waals surface area contributed by atoms with Crippen molar-refractivity contribution < 1.29 is 5.11 Å². The van der Waals surface area contributed by atoms with Gasteiger partial charge < -0.3 is 10.4 Å². The van der Waals surface area contributed by atoms with Crippen LogP contribution in [-0.4, -0.2) is 32.7 Å². The Morgan fingerprint density at radius 2 is 2.31 bits per heavy atom. The van der Waals surface area contributed by atoms with Crippen LogP contribution in [0.3, 0.4) is 0 Å². The molecule has 0 radical (unpaired) electrons. The van der Waals surface area contributed by atoms with Gasteiger partial charge in [0, 0.05) is 18.8 Å². The SMILES string of the molecule is CCCC(CC)NCc1cn(CCO)nn1. The molecule has 0 saturated heterocycles. The van der Waals surface area contributed by atoms with Gasteiger partial charge in [-0.25, -0.2) is 4.68 Å². The molecule has 1 aromatic heterocycles. The number of rotatable bonds is 8. The molecule has 1 rings (SSSR count). The van der Waals surface area contributed by atoms with E-state index >= 15 is 0 Å². The Bertz CT molecular complexity index is 287. The number of aromatic nitrogens is 3. The molecule has 0 fully saturated rings. The van der Waals surface area contributed by atoms with Crippen molar-refractivity contribution in [1.29, 1.82) is 0 Å². The Balaban J connectivity index is 2.34. The fourth-order valence-corrected chi connectivity index (χ4v) is 1.68. The van der Waals surface area contributed by atoms with Gasteiger partial charge in [-0.2, -0.15) is 0 Å². The quantitative estimate of drug-likeness (QED) is 0.692. The molecule has 0 aliphatic rings. The fourth-order valence-electron chi connectivity index (χ4n) is 1.68. The molecular formula is C11H22N4O. The summed E-state index contributed by atoms with van der Waals surface area (Å²) in [7, 11) is 0. The van der Waals surface area contributed by atoms with E-state index in [0.29, 0.717) is 12.6 Å². The summed E-state index contributed by atoms with van der Waals surface area (Å²) in [6.45, 7) is 5.75. The number of hydrogen-bond acceptors (Lipinski definition) is 4. The fraction of sp³-hybridized carbons (Fsp3) is 0.818. The van der Waals surface area contributed by atoms with Crippen LogP contribution in [-0.2, 0) is 13.1 Å². The van der Waals surface area contributed by atoms with Gasteiger partial charge in [-0.05, 0) is 12.8 Å². The van der Waals surface area contributed by atoms with E-state index in [0.717, 1.165) is 18.7 Å². The summed E-state index contributed by atoms with van der Waals surface area (Å²) < 4.78 is 1.66. The molecule has 92 valence electrons. The van der Waals surface area contributed by atoms with Crippen molar-refractivity contribution >= 4 is 0 Å². The second kappa shape index (κ2) is 7.35. The lowest BCUT2D eigenvalue weighted by Gasteiger charge is -2.14. The largest absolute Gasteiger partial charge is 0.394 e. The normalized spacial score (nSPS) is 12.9.